The Morgan fingerprint density at radius 3 is 2.58 bits per heavy atom. The molecule has 2 aromatic heterocycles. The Morgan fingerprint density at radius 2 is 1.85 bits per heavy atom. The summed E-state index contributed by atoms with van der Waals surface area (Å²) in [5.74, 6) is 0.640. The number of fused-ring (bicyclic) bond motifs is 3. The number of rotatable bonds is 3. The molecule has 1 fully saturated rings. The minimum Gasteiger partial charge on any atom is -0.462 e. The number of pyridine rings is 1. The van der Waals surface area contributed by atoms with Gasteiger partial charge in [0.05, 0.1) is 32.1 Å². The molecule has 1 saturated heterocycles. The van der Waals surface area contributed by atoms with Gasteiger partial charge in [-0.2, -0.15) is 0 Å². The van der Waals surface area contributed by atoms with Crippen LogP contribution in [0, 0.1) is 0 Å². The smallest absolute Gasteiger partial charge is 0.344 e. The van der Waals surface area contributed by atoms with Crippen LogP contribution in [-0.4, -0.2) is 30.2 Å². The summed E-state index contributed by atoms with van der Waals surface area (Å²) in [6.45, 7) is 4.17. The zero-order valence-corrected chi connectivity index (χ0v) is 15.5. The topological polar surface area (TPSA) is 48.6 Å². The Bertz CT molecular complexity index is 953. The lowest BCUT2D eigenvalue weighted by Crippen LogP contribution is -2.33. The molecule has 5 heteroatoms. The van der Waals surface area contributed by atoms with Gasteiger partial charge in [0.1, 0.15) is 11.1 Å². The summed E-state index contributed by atoms with van der Waals surface area (Å²) in [6.07, 6.45) is 4.82. The lowest BCUT2D eigenvalue weighted by molar-refractivity contribution is -0.335. The van der Waals surface area contributed by atoms with Crippen LogP contribution in [0.15, 0.2) is 30.3 Å². The highest BCUT2D eigenvalue weighted by atomic mass is 16.5. The summed E-state index contributed by atoms with van der Waals surface area (Å²) in [5.41, 5.74) is 2.83. The Kier molecular flexibility index (Phi) is 4.53. The van der Waals surface area contributed by atoms with E-state index in [9.17, 15) is 4.79 Å². The summed E-state index contributed by atoms with van der Waals surface area (Å²) >= 11 is 0. The van der Waals surface area contributed by atoms with Crippen molar-refractivity contribution in [2.75, 3.05) is 24.6 Å². The number of aryl methyl sites for hydroxylation is 1. The number of nitrogens with zero attached hydrogens (tertiary/aromatic N) is 2. The molecule has 3 aromatic rings. The van der Waals surface area contributed by atoms with E-state index in [4.69, 9.17) is 4.74 Å². The Balaban J connectivity index is 1.95. The average molecular weight is 352 g/mol. The van der Waals surface area contributed by atoms with Crippen LogP contribution in [0.5, 0.6) is 0 Å². The van der Waals surface area contributed by atoms with Crippen molar-refractivity contribution in [3.05, 3.63) is 35.9 Å². The van der Waals surface area contributed by atoms with Gasteiger partial charge in [-0.3, -0.25) is 9.47 Å². The van der Waals surface area contributed by atoms with Gasteiger partial charge in [0.15, 0.2) is 0 Å². The fraction of sp³-hybridized carbons (Fsp3) is 0.429. The van der Waals surface area contributed by atoms with Crippen molar-refractivity contribution < 1.29 is 14.5 Å². The van der Waals surface area contributed by atoms with Crippen LogP contribution < -0.4 is 9.88 Å². The summed E-state index contributed by atoms with van der Waals surface area (Å²) in [7, 11) is 2.07. The van der Waals surface area contributed by atoms with Crippen LogP contribution in [0.25, 0.3) is 21.9 Å². The number of esters is 1. The molecule has 5 nitrogen and oxygen atoms in total. The number of carbonyl (C=O) groups is 1. The van der Waals surface area contributed by atoms with Crippen molar-refractivity contribution in [2.45, 2.75) is 32.6 Å². The van der Waals surface area contributed by atoms with E-state index in [2.05, 4.69) is 33.6 Å². The first-order chi connectivity index (χ1) is 12.7. The van der Waals surface area contributed by atoms with Crippen LogP contribution in [0.1, 0.15) is 43.0 Å². The standard InChI is InChI=1S/C21H25N3O2/c1-3-26-21(25)17-14-16-15-10-6-7-11-18(15)23(2)19(16)22-20(17)24-12-8-4-5-9-13-24/h6-7,10-11,14H,3-5,8-9,12-13H2,1-2H3/p+1. The predicted octanol–water partition coefficient (Wildman–Crippen LogP) is 3.70. The molecule has 1 aliphatic rings. The quantitative estimate of drug-likeness (QED) is 0.675. The number of aromatic amines is 1. The number of hydrogen-bond donors (Lipinski definition) is 0. The Hall–Kier alpha value is -2.56. The van der Waals surface area contributed by atoms with Crippen molar-refractivity contribution in [1.29, 1.82) is 0 Å². The summed E-state index contributed by atoms with van der Waals surface area (Å²) in [6, 6.07) is 10.3. The van der Waals surface area contributed by atoms with Gasteiger partial charge in [-0.15, -0.1) is 0 Å². The maximum Gasteiger partial charge on any atom is 0.344 e. The van der Waals surface area contributed by atoms with Crippen LogP contribution >= 0.6 is 0 Å². The zero-order valence-electron chi connectivity index (χ0n) is 15.5. The first kappa shape index (κ1) is 16.9. The number of benzene rings is 1. The molecule has 0 amide bonds. The molecule has 4 rings (SSSR count). The first-order valence-electron chi connectivity index (χ1n) is 9.56. The lowest BCUT2D eigenvalue weighted by Gasteiger charge is -2.19. The molecule has 136 valence electrons. The van der Waals surface area contributed by atoms with Crippen molar-refractivity contribution in [1.82, 2.24) is 4.57 Å². The molecule has 1 N–H and O–H groups in total. The highest BCUT2D eigenvalue weighted by Gasteiger charge is 2.27. The minimum atomic E-state index is -0.252. The molecule has 0 atom stereocenters. The second-order valence-corrected chi connectivity index (χ2v) is 6.99. The van der Waals surface area contributed by atoms with E-state index in [1.54, 1.807) is 0 Å². The van der Waals surface area contributed by atoms with Gasteiger partial charge < -0.3 is 4.74 Å². The maximum atomic E-state index is 12.7. The third-order valence-electron chi connectivity index (χ3n) is 5.34. The molecule has 0 unspecified atom stereocenters. The van der Waals surface area contributed by atoms with E-state index in [1.165, 1.54) is 12.8 Å². The lowest BCUT2D eigenvalue weighted by atomic mass is 10.1. The summed E-state index contributed by atoms with van der Waals surface area (Å²) in [4.78, 5) is 18.6. The molecule has 0 bridgehead atoms. The molecule has 0 spiro atoms. The molecular formula is C21H26N3O2+. The Labute approximate surface area is 153 Å². The third kappa shape index (κ3) is 2.81. The number of nitrogens with one attached hydrogen (secondary N) is 1. The second-order valence-electron chi connectivity index (χ2n) is 6.99. The largest absolute Gasteiger partial charge is 0.462 e. The second kappa shape index (κ2) is 6.98. The van der Waals surface area contributed by atoms with Crippen LogP contribution in [-0.2, 0) is 11.8 Å². The molecular weight excluding hydrogens is 326 g/mol. The minimum absolute atomic E-state index is 0.252. The van der Waals surface area contributed by atoms with Crippen LogP contribution in [0.2, 0.25) is 0 Å². The first-order valence-corrected chi connectivity index (χ1v) is 9.56. The van der Waals surface area contributed by atoms with E-state index in [1.807, 2.05) is 25.1 Å². The number of ether oxygens (including phenoxy) is 1. The van der Waals surface area contributed by atoms with E-state index in [-0.39, 0.29) is 5.97 Å². The van der Waals surface area contributed by atoms with Gasteiger partial charge in [0.25, 0.3) is 0 Å². The summed E-state index contributed by atoms with van der Waals surface area (Å²) < 4.78 is 7.53. The van der Waals surface area contributed by atoms with Crippen LogP contribution in [0.4, 0.5) is 5.82 Å². The molecule has 0 radical (unpaired) electrons. The highest BCUT2D eigenvalue weighted by molar-refractivity contribution is 6.08. The molecule has 0 saturated carbocycles. The fourth-order valence-electron chi connectivity index (χ4n) is 4.02. The number of para-hydroxylation sites is 1. The van der Waals surface area contributed by atoms with E-state index in [0.29, 0.717) is 12.2 Å². The number of hydrogen-bond acceptors (Lipinski definition) is 3. The molecule has 3 heterocycles. The van der Waals surface area contributed by atoms with Gasteiger partial charge in [-0.1, -0.05) is 31.0 Å². The average Bonchev–Trinajstić information content (AvgIpc) is 2.84. The monoisotopic (exact) mass is 352 g/mol. The Morgan fingerprint density at radius 1 is 1.12 bits per heavy atom. The normalized spacial score (nSPS) is 15.4. The maximum absolute atomic E-state index is 12.7. The van der Waals surface area contributed by atoms with E-state index in [0.717, 1.165) is 53.7 Å². The molecule has 26 heavy (non-hydrogen) atoms. The van der Waals surface area contributed by atoms with E-state index >= 15 is 0 Å². The fourth-order valence-corrected chi connectivity index (χ4v) is 4.02. The van der Waals surface area contributed by atoms with Crippen LogP contribution in [0.3, 0.4) is 0 Å². The summed E-state index contributed by atoms with van der Waals surface area (Å²) in [5, 5.41) is 2.21. The number of aromatic nitrogens is 2. The third-order valence-corrected chi connectivity index (χ3v) is 5.34. The van der Waals surface area contributed by atoms with Crippen molar-refractivity contribution in [3.63, 3.8) is 0 Å². The van der Waals surface area contributed by atoms with E-state index < -0.39 is 0 Å². The molecule has 0 aliphatic carbocycles. The molecule has 1 aliphatic heterocycles. The predicted molar refractivity (Wildman–Crippen MR) is 104 cm³/mol. The van der Waals surface area contributed by atoms with Gasteiger partial charge in [0, 0.05) is 5.39 Å². The highest BCUT2D eigenvalue weighted by Crippen LogP contribution is 2.30. The van der Waals surface area contributed by atoms with Gasteiger partial charge >= 0.3 is 5.97 Å². The van der Waals surface area contributed by atoms with Crippen molar-refractivity contribution in [3.8, 4) is 0 Å². The SMILES string of the molecule is CCOC(=O)c1cc2c3ccccc3n(C)c2[nH+]c1N1CCCCCC1. The number of H-pyrrole nitrogens is 1. The van der Waals surface area contributed by atoms with Gasteiger partial charge in [0.2, 0.25) is 11.5 Å². The molecule has 1 aromatic carbocycles. The number of carbonyl (C=O) groups excluding carboxylic acids is 1. The number of anilines is 1. The van der Waals surface area contributed by atoms with Crippen molar-refractivity contribution in [2.24, 2.45) is 7.05 Å². The van der Waals surface area contributed by atoms with Crippen molar-refractivity contribution >= 4 is 33.7 Å². The van der Waals surface area contributed by atoms with Gasteiger partial charge in [-0.25, -0.2) is 9.78 Å². The zero-order chi connectivity index (χ0) is 18.1. The van der Waals surface area contributed by atoms with Gasteiger partial charge in [-0.05, 0) is 31.9 Å².